The Labute approximate surface area is 128 Å². The third-order valence-corrected chi connectivity index (χ3v) is 5.15. The van der Waals surface area contributed by atoms with Crippen molar-refractivity contribution in [2.75, 3.05) is 7.05 Å². The molecular weight excluding hydrogens is 254 g/mol. The molecule has 1 aliphatic carbocycles. The van der Waals surface area contributed by atoms with Crippen molar-refractivity contribution in [2.24, 2.45) is 5.92 Å². The SMILES string of the molecule is CCC1CC(c2ccccc2)C(c2ccccc2)C1NC. The van der Waals surface area contributed by atoms with Crippen LogP contribution in [0.25, 0.3) is 0 Å². The molecule has 110 valence electrons. The summed E-state index contributed by atoms with van der Waals surface area (Å²) in [7, 11) is 2.12. The number of nitrogens with one attached hydrogen (secondary N) is 1. The molecule has 1 N–H and O–H groups in total. The molecular formula is C20H25N. The third-order valence-electron chi connectivity index (χ3n) is 5.15. The Morgan fingerprint density at radius 3 is 2.00 bits per heavy atom. The zero-order chi connectivity index (χ0) is 14.7. The van der Waals surface area contributed by atoms with E-state index in [0.29, 0.717) is 17.9 Å². The van der Waals surface area contributed by atoms with E-state index in [-0.39, 0.29) is 0 Å². The average Bonchev–Trinajstić information content (AvgIpc) is 2.95. The smallest absolute Gasteiger partial charge is 0.0167 e. The van der Waals surface area contributed by atoms with Gasteiger partial charge in [-0.15, -0.1) is 0 Å². The van der Waals surface area contributed by atoms with Crippen LogP contribution in [0.3, 0.4) is 0 Å². The van der Waals surface area contributed by atoms with Crippen LogP contribution < -0.4 is 5.32 Å². The molecule has 0 spiro atoms. The lowest BCUT2D eigenvalue weighted by molar-refractivity contribution is 0.393. The lowest BCUT2D eigenvalue weighted by Crippen LogP contribution is -2.34. The van der Waals surface area contributed by atoms with Gasteiger partial charge in [0.2, 0.25) is 0 Å². The summed E-state index contributed by atoms with van der Waals surface area (Å²) in [6, 6.07) is 22.7. The van der Waals surface area contributed by atoms with Gasteiger partial charge in [0, 0.05) is 12.0 Å². The van der Waals surface area contributed by atoms with Crippen LogP contribution in [0.4, 0.5) is 0 Å². The minimum absolute atomic E-state index is 0.572. The van der Waals surface area contributed by atoms with Crippen molar-refractivity contribution in [3.05, 3.63) is 71.8 Å². The molecule has 3 rings (SSSR count). The molecule has 1 nitrogen and oxygen atoms in total. The van der Waals surface area contributed by atoms with Gasteiger partial charge in [0.05, 0.1) is 0 Å². The van der Waals surface area contributed by atoms with Crippen LogP contribution in [0.5, 0.6) is 0 Å². The van der Waals surface area contributed by atoms with Crippen LogP contribution in [-0.4, -0.2) is 13.1 Å². The second kappa shape index (κ2) is 6.44. The van der Waals surface area contributed by atoms with Crippen molar-refractivity contribution in [3.63, 3.8) is 0 Å². The molecule has 4 atom stereocenters. The highest BCUT2D eigenvalue weighted by Crippen LogP contribution is 2.49. The monoisotopic (exact) mass is 279 g/mol. The Hall–Kier alpha value is -1.60. The summed E-state index contributed by atoms with van der Waals surface area (Å²) in [6.07, 6.45) is 2.53. The summed E-state index contributed by atoms with van der Waals surface area (Å²) in [5.74, 6) is 1.95. The normalized spacial score (nSPS) is 28.7. The minimum Gasteiger partial charge on any atom is -0.316 e. The molecule has 1 heteroatoms. The predicted octanol–water partition coefficient (Wildman–Crippen LogP) is 4.57. The highest BCUT2D eigenvalue weighted by atomic mass is 14.9. The van der Waals surface area contributed by atoms with Crippen LogP contribution in [-0.2, 0) is 0 Å². The lowest BCUT2D eigenvalue weighted by atomic mass is 9.82. The van der Waals surface area contributed by atoms with E-state index in [4.69, 9.17) is 0 Å². The second-order valence-electron chi connectivity index (χ2n) is 6.17. The van der Waals surface area contributed by atoms with Crippen molar-refractivity contribution >= 4 is 0 Å². The molecule has 0 amide bonds. The first-order valence-electron chi connectivity index (χ1n) is 8.12. The summed E-state index contributed by atoms with van der Waals surface area (Å²) >= 11 is 0. The van der Waals surface area contributed by atoms with Gasteiger partial charge in [-0.3, -0.25) is 0 Å². The van der Waals surface area contributed by atoms with Crippen LogP contribution in [0.1, 0.15) is 42.7 Å². The highest BCUT2D eigenvalue weighted by Gasteiger charge is 2.42. The van der Waals surface area contributed by atoms with Gasteiger partial charge in [-0.25, -0.2) is 0 Å². The van der Waals surface area contributed by atoms with E-state index in [1.807, 2.05) is 0 Å². The van der Waals surface area contributed by atoms with E-state index in [2.05, 4.69) is 80.0 Å². The molecule has 1 fully saturated rings. The number of likely N-dealkylation sites (N-methyl/N-ethyl adjacent to an activating group) is 1. The van der Waals surface area contributed by atoms with Crippen LogP contribution in [0.15, 0.2) is 60.7 Å². The summed E-state index contributed by atoms with van der Waals surface area (Å²) in [5.41, 5.74) is 2.96. The molecule has 2 aromatic rings. The quantitative estimate of drug-likeness (QED) is 0.864. The van der Waals surface area contributed by atoms with Gasteiger partial charge in [-0.05, 0) is 36.4 Å². The van der Waals surface area contributed by atoms with E-state index < -0.39 is 0 Å². The van der Waals surface area contributed by atoms with Crippen LogP contribution in [0.2, 0.25) is 0 Å². The maximum Gasteiger partial charge on any atom is 0.0167 e. The zero-order valence-electron chi connectivity index (χ0n) is 13.0. The van der Waals surface area contributed by atoms with E-state index in [1.165, 1.54) is 24.0 Å². The lowest BCUT2D eigenvalue weighted by Gasteiger charge is -2.27. The number of rotatable bonds is 4. The van der Waals surface area contributed by atoms with E-state index in [9.17, 15) is 0 Å². The Morgan fingerprint density at radius 1 is 0.905 bits per heavy atom. The average molecular weight is 279 g/mol. The highest BCUT2D eigenvalue weighted by molar-refractivity contribution is 5.33. The Kier molecular flexibility index (Phi) is 4.40. The molecule has 0 aliphatic heterocycles. The van der Waals surface area contributed by atoms with Gasteiger partial charge in [-0.2, -0.15) is 0 Å². The second-order valence-corrected chi connectivity index (χ2v) is 6.17. The van der Waals surface area contributed by atoms with Crippen LogP contribution >= 0.6 is 0 Å². The fourth-order valence-corrected chi connectivity index (χ4v) is 4.16. The van der Waals surface area contributed by atoms with Crippen molar-refractivity contribution in [1.29, 1.82) is 0 Å². The largest absolute Gasteiger partial charge is 0.316 e. The predicted molar refractivity (Wildman–Crippen MR) is 89.6 cm³/mol. The van der Waals surface area contributed by atoms with Gasteiger partial charge in [0.1, 0.15) is 0 Å². The van der Waals surface area contributed by atoms with E-state index in [1.54, 1.807) is 0 Å². The Morgan fingerprint density at radius 2 is 1.48 bits per heavy atom. The fraction of sp³-hybridized carbons (Fsp3) is 0.400. The van der Waals surface area contributed by atoms with Crippen LogP contribution in [0, 0.1) is 5.92 Å². The third kappa shape index (κ3) is 2.75. The Bertz CT molecular complexity index is 549. The zero-order valence-corrected chi connectivity index (χ0v) is 13.0. The Balaban J connectivity index is 2.01. The summed E-state index contributed by atoms with van der Waals surface area (Å²) in [4.78, 5) is 0. The first-order valence-corrected chi connectivity index (χ1v) is 8.12. The fourth-order valence-electron chi connectivity index (χ4n) is 4.16. The van der Waals surface area contributed by atoms with Gasteiger partial charge in [-0.1, -0.05) is 74.0 Å². The maximum absolute atomic E-state index is 3.61. The van der Waals surface area contributed by atoms with Gasteiger partial charge in [0.25, 0.3) is 0 Å². The number of hydrogen-bond acceptors (Lipinski definition) is 1. The molecule has 1 saturated carbocycles. The van der Waals surface area contributed by atoms with E-state index in [0.717, 1.165) is 5.92 Å². The topological polar surface area (TPSA) is 12.0 Å². The molecule has 2 aromatic carbocycles. The van der Waals surface area contributed by atoms with Gasteiger partial charge >= 0.3 is 0 Å². The minimum atomic E-state index is 0.572. The van der Waals surface area contributed by atoms with Crippen molar-refractivity contribution in [2.45, 2.75) is 37.6 Å². The summed E-state index contributed by atoms with van der Waals surface area (Å²) in [5, 5.41) is 3.61. The molecule has 21 heavy (non-hydrogen) atoms. The van der Waals surface area contributed by atoms with Crippen molar-refractivity contribution < 1.29 is 0 Å². The summed E-state index contributed by atoms with van der Waals surface area (Å²) < 4.78 is 0. The molecule has 0 heterocycles. The molecule has 4 unspecified atom stereocenters. The van der Waals surface area contributed by atoms with Gasteiger partial charge in [0.15, 0.2) is 0 Å². The molecule has 0 aromatic heterocycles. The first kappa shape index (κ1) is 14.3. The van der Waals surface area contributed by atoms with Crippen molar-refractivity contribution in [1.82, 2.24) is 5.32 Å². The molecule has 0 bridgehead atoms. The van der Waals surface area contributed by atoms with Crippen molar-refractivity contribution in [3.8, 4) is 0 Å². The molecule has 0 saturated heterocycles. The summed E-state index contributed by atoms with van der Waals surface area (Å²) in [6.45, 7) is 2.32. The maximum atomic E-state index is 3.61. The molecule has 1 aliphatic rings. The first-order chi connectivity index (χ1) is 10.3. The molecule has 0 radical (unpaired) electrons. The van der Waals surface area contributed by atoms with E-state index >= 15 is 0 Å². The standard InChI is InChI=1S/C20H25N/c1-3-15-14-18(16-10-6-4-7-11-16)19(20(15)21-2)17-12-8-5-9-13-17/h4-13,15,18-21H,3,14H2,1-2H3. The number of hydrogen-bond donors (Lipinski definition) is 1. The number of benzene rings is 2. The van der Waals surface area contributed by atoms with Gasteiger partial charge < -0.3 is 5.32 Å².